The van der Waals surface area contributed by atoms with E-state index in [-0.39, 0.29) is 6.04 Å². The minimum atomic E-state index is -0.0162. The van der Waals surface area contributed by atoms with Crippen LogP contribution in [0.2, 0.25) is 0 Å². The molecule has 0 bridgehead atoms. The smallest absolute Gasteiger partial charge is 0.0833 e. The van der Waals surface area contributed by atoms with Crippen molar-refractivity contribution in [2.75, 3.05) is 0 Å². The predicted molar refractivity (Wildman–Crippen MR) is 77.0 cm³/mol. The zero-order chi connectivity index (χ0) is 13.1. The maximum absolute atomic E-state index is 5.66. The predicted octanol–water partition coefficient (Wildman–Crippen LogP) is 2.49. The largest absolute Gasteiger partial charge is 0.271 e. The molecule has 2 heterocycles. The van der Waals surface area contributed by atoms with Crippen LogP contribution in [0.5, 0.6) is 0 Å². The van der Waals surface area contributed by atoms with Crippen LogP contribution >= 0.6 is 11.3 Å². The minimum absolute atomic E-state index is 0.0162. The highest BCUT2D eigenvalue weighted by Crippen LogP contribution is 2.25. The molecule has 0 aliphatic rings. The zero-order valence-electron chi connectivity index (χ0n) is 10.2. The first-order valence-electron chi connectivity index (χ1n) is 5.98. The average Bonchev–Trinajstić information content (AvgIpc) is 3.12. The zero-order valence-corrected chi connectivity index (χ0v) is 11.0. The van der Waals surface area contributed by atoms with Crippen molar-refractivity contribution in [1.29, 1.82) is 0 Å². The third kappa shape index (κ3) is 2.44. The van der Waals surface area contributed by atoms with Crippen molar-refractivity contribution in [3.8, 4) is 5.69 Å². The molecule has 2 aromatic heterocycles. The Labute approximate surface area is 115 Å². The van der Waals surface area contributed by atoms with Gasteiger partial charge in [0.1, 0.15) is 0 Å². The van der Waals surface area contributed by atoms with E-state index in [0.717, 1.165) is 11.3 Å². The van der Waals surface area contributed by atoms with Crippen LogP contribution in [-0.4, -0.2) is 9.78 Å². The van der Waals surface area contributed by atoms with E-state index >= 15 is 0 Å². The molecule has 3 N–H and O–H groups in total. The molecule has 0 aliphatic carbocycles. The summed E-state index contributed by atoms with van der Waals surface area (Å²) in [6, 6.07) is 14.1. The molecule has 0 saturated heterocycles. The van der Waals surface area contributed by atoms with Gasteiger partial charge < -0.3 is 0 Å². The van der Waals surface area contributed by atoms with Gasteiger partial charge in [0, 0.05) is 16.6 Å². The molecule has 0 aliphatic heterocycles. The van der Waals surface area contributed by atoms with Crippen LogP contribution in [0, 0.1) is 0 Å². The summed E-state index contributed by atoms with van der Waals surface area (Å²) in [4.78, 5) is 1.18. The van der Waals surface area contributed by atoms with Gasteiger partial charge in [0.05, 0.1) is 17.9 Å². The van der Waals surface area contributed by atoms with E-state index < -0.39 is 0 Å². The number of nitrogens with two attached hydrogens (primary N) is 1. The number of hydrogen-bond acceptors (Lipinski definition) is 4. The quantitative estimate of drug-likeness (QED) is 0.565. The van der Waals surface area contributed by atoms with Crippen molar-refractivity contribution >= 4 is 11.3 Å². The van der Waals surface area contributed by atoms with Gasteiger partial charge in [-0.2, -0.15) is 5.10 Å². The van der Waals surface area contributed by atoms with Crippen LogP contribution in [0.3, 0.4) is 0 Å². The Kier molecular flexibility index (Phi) is 3.41. The maximum Gasteiger partial charge on any atom is 0.0833 e. The van der Waals surface area contributed by atoms with Crippen LogP contribution in [0.15, 0.2) is 60.2 Å². The number of hydrogen-bond donors (Lipinski definition) is 2. The van der Waals surface area contributed by atoms with Gasteiger partial charge in [-0.1, -0.05) is 24.3 Å². The lowest BCUT2D eigenvalue weighted by atomic mass is 10.1. The van der Waals surface area contributed by atoms with Crippen LogP contribution in [0.25, 0.3) is 5.69 Å². The standard InChI is InChI=1S/C14H14N4S/c15-17-14(13-7-4-8-19-13)11-9-16-18(10-11)12-5-2-1-3-6-12/h1-10,14,17H,15H2. The fourth-order valence-corrected chi connectivity index (χ4v) is 2.82. The Balaban J connectivity index is 1.93. The number of benzene rings is 1. The van der Waals surface area contributed by atoms with Gasteiger partial charge >= 0.3 is 0 Å². The lowest BCUT2D eigenvalue weighted by molar-refractivity contribution is 0.646. The number of para-hydroxylation sites is 1. The highest BCUT2D eigenvalue weighted by Gasteiger charge is 2.15. The Morgan fingerprint density at radius 2 is 2.00 bits per heavy atom. The van der Waals surface area contributed by atoms with E-state index in [0.29, 0.717) is 0 Å². The average molecular weight is 270 g/mol. The highest BCUT2D eigenvalue weighted by atomic mass is 32.1. The van der Waals surface area contributed by atoms with Gasteiger partial charge in [0.2, 0.25) is 0 Å². The summed E-state index contributed by atoms with van der Waals surface area (Å²) in [6.07, 6.45) is 3.84. The Hall–Kier alpha value is -1.95. The molecule has 19 heavy (non-hydrogen) atoms. The molecule has 0 spiro atoms. The van der Waals surface area contributed by atoms with Crippen molar-refractivity contribution in [2.24, 2.45) is 5.84 Å². The van der Waals surface area contributed by atoms with Crippen molar-refractivity contribution in [3.05, 3.63) is 70.7 Å². The molecular formula is C14H14N4S. The van der Waals surface area contributed by atoms with Gasteiger partial charge in [-0.15, -0.1) is 11.3 Å². The Morgan fingerprint density at radius 1 is 1.16 bits per heavy atom. The molecule has 96 valence electrons. The number of nitrogens with one attached hydrogen (secondary N) is 1. The summed E-state index contributed by atoms with van der Waals surface area (Å²) < 4.78 is 1.85. The SMILES string of the molecule is NNC(c1cnn(-c2ccccc2)c1)c1cccs1. The lowest BCUT2D eigenvalue weighted by Gasteiger charge is -2.11. The molecule has 1 atom stereocenters. The molecule has 1 aromatic carbocycles. The van der Waals surface area contributed by atoms with Gasteiger partial charge in [0.25, 0.3) is 0 Å². The van der Waals surface area contributed by atoms with E-state index in [9.17, 15) is 0 Å². The van der Waals surface area contributed by atoms with Crippen molar-refractivity contribution in [2.45, 2.75) is 6.04 Å². The van der Waals surface area contributed by atoms with Crippen molar-refractivity contribution < 1.29 is 0 Å². The van der Waals surface area contributed by atoms with Crippen LogP contribution in [0.1, 0.15) is 16.5 Å². The third-order valence-electron chi connectivity index (χ3n) is 2.95. The molecule has 5 heteroatoms. The molecular weight excluding hydrogens is 256 g/mol. The van der Waals surface area contributed by atoms with Gasteiger partial charge in [-0.25, -0.2) is 10.1 Å². The second kappa shape index (κ2) is 5.36. The molecule has 3 rings (SSSR count). The summed E-state index contributed by atoms with van der Waals surface area (Å²) in [5.74, 6) is 5.66. The number of nitrogens with zero attached hydrogens (tertiary/aromatic N) is 2. The number of rotatable bonds is 4. The number of thiophene rings is 1. The van der Waals surface area contributed by atoms with Crippen LogP contribution in [-0.2, 0) is 0 Å². The maximum atomic E-state index is 5.66. The van der Waals surface area contributed by atoms with E-state index in [1.165, 1.54) is 4.88 Å². The summed E-state index contributed by atoms with van der Waals surface area (Å²) in [5.41, 5.74) is 4.93. The Bertz CT molecular complexity index is 631. The van der Waals surface area contributed by atoms with Crippen molar-refractivity contribution in [3.63, 3.8) is 0 Å². The number of aromatic nitrogens is 2. The van der Waals surface area contributed by atoms with E-state index in [1.807, 2.05) is 58.9 Å². The topological polar surface area (TPSA) is 55.9 Å². The summed E-state index contributed by atoms with van der Waals surface area (Å²) in [6.45, 7) is 0. The first kappa shape index (κ1) is 12.1. The third-order valence-corrected chi connectivity index (χ3v) is 3.89. The fraction of sp³-hybridized carbons (Fsp3) is 0.0714. The van der Waals surface area contributed by atoms with Crippen LogP contribution in [0.4, 0.5) is 0 Å². The molecule has 0 amide bonds. The second-order valence-corrected chi connectivity index (χ2v) is 5.15. The van der Waals surface area contributed by atoms with E-state index in [2.05, 4.69) is 16.6 Å². The molecule has 0 radical (unpaired) electrons. The molecule has 3 aromatic rings. The minimum Gasteiger partial charge on any atom is -0.271 e. The summed E-state index contributed by atoms with van der Waals surface area (Å²) in [5, 5.41) is 6.43. The van der Waals surface area contributed by atoms with Gasteiger partial charge in [-0.3, -0.25) is 5.84 Å². The summed E-state index contributed by atoms with van der Waals surface area (Å²) in [7, 11) is 0. The van der Waals surface area contributed by atoms with Gasteiger partial charge in [0.15, 0.2) is 0 Å². The molecule has 1 unspecified atom stereocenters. The van der Waals surface area contributed by atoms with E-state index in [1.54, 1.807) is 11.3 Å². The first-order valence-corrected chi connectivity index (χ1v) is 6.86. The first-order chi connectivity index (χ1) is 9.38. The van der Waals surface area contributed by atoms with Crippen LogP contribution < -0.4 is 11.3 Å². The fourth-order valence-electron chi connectivity index (χ4n) is 2.01. The Morgan fingerprint density at radius 3 is 2.68 bits per heavy atom. The van der Waals surface area contributed by atoms with E-state index in [4.69, 9.17) is 5.84 Å². The lowest BCUT2D eigenvalue weighted by Crippen LogP contribution is -2.27. The highest BCUT2D eigenvalue weighted by molar-refractivity contribution is 7.10. The molecule has 0 saturated carbocycles. The molecule has 0 fully saturated rings. The second-order valence-electron chi connectivity index (χ2n) is 4.17. The van der Waals surface area contributed by atoms with Gasteiger partial charge in [-0.05, 0) is 23.6 Å². The summed E-state index contributed by atoms with van der Waals surface area (Å²) >= 11 is 1.68. The monoisotopic (exact) mass is 270 g/mol. The number of hydrazine groups is 1. The normalized spacial score (nSPS) is 12.5. The molecule has 4 nitrogen and oxygen atoms in total. The van der Waals surface area contributed by atoms with Crippen molar-refractivity contribution in [1.82, 2.24) is 15.2 Å².